The first-order chi connectivity index (χ1) is 13.4. The van der Waals surface area contributed by atoms with Crippen LogP contribution in [0.3, 0.4) is 0 Å². The summed E-state index contributed by atoms with van der Waals surface area (Å²) in [6.45, 7) is 3.08. The van der Waals surface area contributed by atoms with E-state index in [2.05, 4.69) is 5.32 Å². The predicted octanol–water partition coefficient (Wildman–Crippen LogP) is 2.39. The van der Waals surface area contributed by atoms with Crippen LogP contribution in [0, 0.1) is 5.41 Å². The molecule has 0 spiro atoms. The van der Waals surface area contributed by atoms with Crippen molar-refractivity contribution in [3.63, 3.8) is 0 Å². The molecular formula is C19H18ClN3O5S. The highest BCUT2D eigenvalue weighted by Crippen LogP contribution is 2.37. The molecule has 0 aromatic heterocycles. The van der Waals surface area contributed by atoms with Crippen molar-refractivity contribution in [3.8, 4) is 0 Å². The van der Waals surface area contributed by atoms with E-state index in [1.807, 2.05) is 0 Å². The first-order valence-corrected chi connectivity index (χ1v) is 10.5. The fraction of sp³-hybridized carbons (Fsp3) is 0.211. The quantitative estimate of drug-likeness (QED) is 0.762. The van der Waals surface area contributed by atoms with Gasteiger partial charge in [-0.1, -0.05) is 23.7 Å². The van der Waals surface area contributed by atoms with Crippen molar-refractivity contribution in [2.75, 3.05) is 15.4 Å². The number of carbonyl (C=O) groups excluding carboxylic acids is 3. The summed E-state index contributed by atoms with van der Waals surface area (Å²) in [6.07, 6.45) is 0. The largest absolute Gasteiger partial charge is 0.366 e. The Morgan fingerprint density at radius 2 is 1.79 bits per heavy atom. The highest BCUT2D eigenvalue weighted by Gasteiger charge is 2.50. The van der Waals surface area contributed by atoms with E-state index >= 15 is 0 Å². The number of hydrogen-bond acceptors (Lipinski definition) is 5. The van der Waals surface area contributed by atoms with E-state index < -0.39 is 33.2 Å². The fourth-order valence-electron chi connectivity index (χ4n) is 3.07. The number of anilines is 2. The lowest BCUT2D eigenvalue weighted by Gasteiger charge is -2.18. The first-order valence-electron chi connectivity index (χ1n) is 8.51. The van der Waals surface area contributed by atoms with Crippen LogP contribution >= 0.6 is 11.6 Å². The number of benzene rings is 2. The predicted molar refractivity (Wildman–Crippen MR) is 109 cm³/mol. The summed E-state index contributed by atoms with van der Waals surface area (Å²) in [5.41, 5.74) is 4.46. The lowest BCUT2D eigenvalue weighted by atomic mass is 9.95. The van der Waals surface area contributed by atoms with Gasteiger partial charge in [0, 0.05) is 0 Å². The van der Waals surface area contributed by atoms with Crippen molar-refractivity contribution in [1.82, 2.24) is 0 Å². The van der Waals surface area contributed by atoms with Gasteiger partial charge in [-0.2, -0.15) is 0 Å². The molecule has 0 unspecified atom stereocenters. The number of hydrogen-bond donors (Lipinski definition) is 2. The van der Waals surface area contributed by atoms with Gasteiger partial charge in [0.2, 0.25) is 15.9 Å². The van der Waals surface area contributed by atoms with Gasteiger partial charge in [-0.25, -0.2) is 12.7 Å². The van der Waals surface area contributed by atoms with Gasteiger partial charge in [-0.15, -0.1) is 0 Å². The zero-order valence-corrected chi connectivity index (χ0v) is 17.2. The molecule has 2 aromatic rings. The van der Waals surface area contributed by atoms with Crippen LogP contribution in [-0.4, -0.2) is 31.9 Å². The molecule has 3 N–H and O–H groups in total. The number of nitrogens with zero attached hydrogens (tertiary/aromatic N) is 1. The normalized spacial score (nSPS) is 17.2. The van der Waals surface area contributed by atoms with Crippen LogP contribution in [0.4, 0.5) is 11.4 Å². The van der Waals surface area contributed by atoms with Gasteiger partial charge in [0.25, 0.3) is 11.8 Å². The SMILES string of the molecule is CC1(C)CS(=O)(=O)N(c2ccc(Cl)c(C(=O)Nc3ccccc3C(N)=O)c2)C1=O. The summed E-state index contributed by atoms with van der Waals surface area (Å²) in [4.78, 5) is 36.9. The van der Waals surface area contributed by atoms with E-state index in [0.717, 1.165) is 0 Å². The minimum absolute atomic E-state index is 0.0123. The molecule has 8 nitrogen and oxygen atoms in total. The number of nitrogens with one attached hydrogen (secondary N) is 1. The Balaban J connectivity index is 2.00. The van der Waals surface area contributed by atoms with Crippen LogP contribution < -0.4 is 15.4 Å². The molecule has 0 bridgehead atoms. The summed E-state index contributed by atoms with van der Waals surface area (Å²) in [5.74, 6) is -2.34. The van der Waals surface area contributed by atoms with Gasteiger partial charge >= 0.3 is 0 Å². The van der Waals surface area contributed by atoms with Gasteiger partial charge < -0.3 is 11.1 Å². The number of amides is 3. The molecule has 0 radical (unpaired) electrons. The summed E-state index contributed by atoms with van der Waals surface area (Å²) in [6, 6.07) is 10.1. The van der Waals surface area contributed by atoms with E-state index in [1.54, 1.807) is 12.1 Å². The van der Waals surface area contributed by atoms with E-state index in [9.17, 15) is 22.8 Å². The minimum atomic E-state index is -3.88. The monoisotopic (exact) mass is 435 g/mol. The summed E-state index contributed by atoms with van der Waals surface area (Å²) >= 11 is 6.12. The van der Waals surface area contributed by atoms with E-state index in [0.29, 0.717) is 4.31 Å². The third-order valence-electron chi connectivity index (χ3n) is 4.45. The van der Waals surface area contributed by atoms with Crippen LogP contribution in [0.1, 0.15) is 34.6 Å². The van der Waals surface area contributed by atoms with Crippen LogP contribution in [0.2, 0.25) is 5.02 Å². The Kier molecular flexibility index (Phi) is 5.14. The number of sulfonamides is 1. The molecule has 3 amide bonds. The third-order valence-corrected chi connectivity index (χ3v) is 6.80. The molecule has 0 saturated carbocycles. The molecule has 0 aliphatic carbocycles. The maximum absolute atomic E-state index is 12.7. The number of carbonyl (C=O) groups is 3. The lowest BCUT2D eigenvalue weighted by Crippen LogP contribution is -2.33. The molecule has 1 heterocycles. The van der Waals surface area contributed by atoms with Crippen molar-refractivity contribution >= 4 is 50.7 Å². The fourth-order valence-corrected chi connectivity index (χ4v) is 5.37. The molecule has 3 rings (SSSR count). The Labute approximate surface area is 172 Å². The van der Waals surface area contributed by atoms with Crippen molar-refractivity contribution in [3.05, 3.63) is 58.6 Å². The second kappa shape index (κ2) is 7.16. The molecule has 1 aliphatic heterocycles. The highest BCUT2D eigenvalue weighted by molar-refractivity contribution is 7.94. The molecule has 0 atom stereocenters. The van der Waals surface area contributed by atoms with Gasteiger partial charge in [-0.3, -0.25) is 14.4 Å². The molecule has 152 valence electrons. The number of rotatable bonds is 4. The van der Waals surface area contributed by atoms with Gasteiger partial charge in [0.15, 0.2) is 0 Å². The van der Waals surface area contributed by atoms with Crippen LogP contribution in [0.15, 0.2) is 42.5 Å². The Bertz CT molecular complexity index is 1140. The Hall–Kier alpha value is -2.91. The zero-order valence-electron chi connectivity index (χ0n) is 15.6. The Morgan fingerprint density at radius 3 is 2.38 bits per heavy atom. The van der Waals surface area contributed by atoms with Crippen LogP contribution in [0.25, 0.3) is 0 Å². The van der Waals surface area contributed by atoms with Crippen molar-refractivity contribution in [2.45, 2.75) is 13.8 Å². The van der Waals surface area contributed by atoms with Gasteiger partial charge in [-0.05, 0) is 44.2 Å². The van der Waals surface area contributed by atoms with E-state index in [1.165, 1.54) is 44.2 Å². The molecule has 10 heteroatoms. The maximum Gasteiger partial charge on any atom is 0.257 e. The molecule has 29 heavy (non-hydrogen) atoms. The lowest BCUT2D eigenvalue weighted by molar-refractivity contribution is -0.123. The molecule has 2 aromatic carbocycles. The second-order valence-corrected chi connectivity index (χ2v) is 9.46. The maximum atomic E-state index is 12.7. The van der Waals surface area contributed by atoms with Crippen LogP contribution in [-0.2, 0) is 14.8 Å². The average molecular weight is 436 g/mol. The first kappa shape index (κ1) is 20.8. The number of halogens is 1. The summed E-state index contributed by atoms with van der Waals surface area (Å²) in [5, 5.41) is 2.59. The van der Waals surface area contributed by atoms with E-state index in [4.69, 9.17) is 17.3 Å². The summed E-state index contributed by atoms with van der Waals surface area (Å²) < 4.78 is 25.7. The second-order valence-electron chi connectivity index (χ2n) is 7.24. The number of para-hydroxylation sites is 1. The minimum Gasteiger partial charge on any atom is -0.366 e. The van der Waals surface area contributed by atoms with Gasteiger partial charge in [0.1, 0.15) is 0 Å². The van der Waals surface area contributed by atoms with Crippen molar-refractivity contribution in [1.29, 1.82) is 0 Å². The standard InChI is InChI=1S/C19H18ClN3O5S/c1-19(2)10-29(27,28)23(18(19)26)11-7-8-14(20)13(9-11)17(25)22-15-6-4-3-5-12(15)16(21)24/h3-9H,10H2,1-2H3,(H2,21,24)(H,22,25). The molecular weight excluding hydrogens is 418 g/mol. The van der Waals surface area contributed by atoms with Crippen molar-refractivity contribution < 1.29 is 22.8 Å². The Morgan fingerprint density at radius 1 is 1.14 bits per heavy atom. The van der Waals surface area contributed by atoms with E-state index in [-0.39, 0.29) is 33.3 Å². The van der Waals surface area contributed by atoms with Crippen molar-refractivity contribution in [2.24, 2.45) is 11.1 Å². The average Bonchev–Trinajstić information content (AvgIpc) is 2.78. The zero-order chi connectivity index (χ0) is 21.6. The topological polar surface area (TPSA) is 127 Å². The number of primary amides is 1. The smallest absolute Gasteiger partial charge is 0.257 e. The summed E-state index contributed by atoms with van der Waals surface area (Å²) in [7, 11) is -3.88. The van der Waals surface area contributed by atoms with Crippen LogP contribution in [0.5, 0.6) is 0 Å². The number of nitrogens with two attached hydrogens (primary N) is 1. The molecule has 1 saturated heterocycles. The highest BCUT2D eigenvalue weighted by atomic mass is 35.5. The third kappa shape index (κ3) is 3.83. The molecule has 1 fully saturated rings. The van der Waals surface area contributed by atoms with Gasteiger partial charge in [0.05, 0.1) is 38.7 Å². The molecule has 1 aliphatic rings.